The van der Waals surface area contributed by atoms with Crippen LogP contribution in [0.2, 0.25) is 0 Å². The maximum Gasteiger partial charge on any atom is 0.317 e. The molecule has 1 unspecified atom stereocenters. The van der Waals surface area contributed by atoms with Crippen LogP contribution in [0.3, 0.4) is 0 Å². The highest BCUT2D eigenvalue weighted by molar-refractivity contribution is 5.87. The van der Waals surface area contributed by atoms with Crippen LogP contribution >= 0.6 is 0 Å². The predicted molar refractivity (Wildman–Crippen MR) is 109 cm³/mol. The highest BCUT2D eigenvalue weighted by atomic mass is 16.6. The van der Waals surface area contributed by atoms with Gasteiger partial charge in [-0.05, 0) is 55.7 Å². The number of carbonyl (C=O) groups excluding carboxylic acids is 4. The molecular formula is C24H28O8. The van der Waals surface area contributed by atoms with Gasteiger partial charge in [0, 0.05) is 25.7 Å². The lowest BCUT2D eigenvalue weighted by molar-refractivity contribution is -0.170. The highest BCUT2D eigenvalue weighted by Crippen LogP contribution is 2.78. The Morgan fingerprint density at radius 2 is 1.94 bits per heavy atom. The topological polar surface area (TPSA) is 105 Å². The molecular weight excluding hydrogens is 416 g/mol. The van der Waals surface area contributed by atoms with Crippen molar-refractivity contribution >= 4 is 23.9 Å². The summed E-state index contributed by atoms with van der Waals surface area (Å²) < 4.78 is 22.7. The molecule has 4 aliphatic carbocycles. The number of methoxy groups -OCH3 is 1. The second kappa shape index (κ2) is 6.23. The third-order valence-electron chi connectivity index (χ3n) is 8.88. The fourth-order valence-corrected chi connectivity index (χ4v) is 7.98. The van der Waals surface area contributed by atoms with Crippen molar-refractivity contribution in [1.82, 2.24) is 0 Å². The monoisotopic (exact) mass is 444 g/mol. The van der Waals surface area contributed by atoms with Crippen LogP contribution in [0.15, 0.2) is 24.3 Å². The van der Waals surface area contributed by atoms with Gasteiger partial charge in [0.15, 0.2) is 0 Å². The molecule has 5 rings (SSSR count). The third-order valence-corrected chi connectivity index (χ3v) is 8.88. The fourth-order valence-electron chi connectivity index (χ4n) is 7.98. The lowest BCUT2D eigenvalue weighted by Gasteiger charge is -2.45. The van der Waals surface area contributed by atoms with Crippen LogP contribution in [-0.4, -0.2) is 48.3 Å². The zero-order chi connectivity index (χ0) is 23.3. The molecule has 4 bridgehead atoms. The Kier molecular flexibility index (Phi) is 4.13. The number of ether oxygens (including phenoxy) is 4. The molecule has 5 aliphatic rings. The van der Waals surface area contributed by atoms with Gasteiger partial charge in [-0.2, -0.15) is 0 Å². The number of esters is 4. The van der Waals surface area contributed by atoms with Crippen molar-refractivity contribution in [2.75, 3.05) is 7.11 Å². The van der Waals surface area contributed by atoms with Crippen LogP contribution in [0.25, 0.3) is 0 Å². The van der Waals surface area contributed by atoms with E-state index in [-0.39, 0.29) is 11.9 Å². The fraction of sp³-hybridized carbons (Fsp3) is 0.667. The molecule has 8 heteroatoms. The Morgan fingerprint density at radius 1 is 1.22 bits per heavy atom. The highest BCUT2D eigenvalue weighted by Gasteiger charge is 2.84. The van der Waals surface area contributed by atoms with Crippen LogP contribution in [0.4, 0.5) is 0 Å². The maximum atomic E-state index is 13.4. The van der Waals surface area contributed by atoms with Gasteiger partial charge in [0.1, 0.15) is 22.7 Å². The van der Waals surface area contributed by atoms with E-state index < -0.39 is 57.9 Å². The minimum absolute atomic E-state index is 0.174. The SMILES string of the molecule is C=C1C[C@]23C[C@@]1(OC(C)=O)CC[C@H]2[C@@]12C=C[C@H](OC(C)=O)[C@@](C)(C(=O)O1)C2[C@@H]3C(=O)OC. The number of carbonyl (C=O) groups is 4. The van der Waals surface area contributed by atoms with E-state index in [1.54, 1.807) is 13.0 Å². The first-order chi connectivity index (χ1) is 15.0. The molecule has 8 nitrogen and oxygen atoms in total. The quantitative estimate of drug-likeness (QED) is 0.371. The molecule has 0 radical (unpaired) electrons. The summed E-state index contributed by atoms with van der Waals surface area (Å²) in [4.78, 5) is 50.4. The second-order valence-corrected chi connectivity index (χ2v) is 10.3. The van der Waals surface area contributed by atoms with Crippen molar-refractivity contribution < 1.29 is 38.1 Å². The zero-order valence-electron chi connectivity index (χ0n) is 18.8. The van der Waals surface area contributed by atoms with E-state index in [0.29, 0.717) is 25.7 Å². The van der Waals surface area contributed by atoms with Crippen LogP contribution < -0.4 is 0 Å². The van der Waals surface area contributed by atoms with Crippen LogP contribution in [0.1, 0.15) is 46.5 Å². The van der Waals surface area contributed by atoms with E-state index in [1.807, 2.05) is 6.08 Å². The summed E-state index contributed by atoms with van der Waals surface area (Å²) in [5.41, 5.74) is -2.93. The standard InChI is InChI=1S/C24H28O8/c1-12-10-22-11-23(12,31-14(3)26)8-6-15(22)24-9-7-16(30-13(2)25)21(4,20(28)32-24)18(24)17(22)19(27)29-5/h7,9,15-18H,1,6,8,10-11H2,2-5H3/t15-,16+,17-,18?,21-,22+,23+,24-/m1/s1. The summed E-state index contributed by atoms with van der Waals surface area (Å²) in [5.74, 6) is -3.26. The van der Waals surface area contributed by atoms with E-state index in [2.05, 4.69) is 6.58 Å². The Balaban J connectivity index is 1.70. The van der Waals surface area contributed by atoms with Gasteiger partial charge in [-0.15, -0.1) is 0 Å². The van der Waals surface area contributed by atoms with Crippen molar-refractivity contribution in [3.63, 3.8) is 0 Å². The van der Waals surface area contributed by atoms with Gasteiger partial charge in [-0.3, -0.25) is 19.2 Å². The summed E-state index contributed by atoms with van der Waals surface area (Å²) >= 11 is 0. The first-order valence-electron chi connectivity index (χ1n) is 11.0. The van der Waals surface area contributed by atoms with E-state index >= 15 is 0 Å². The lowest BCUT2D eigenvalue weighted by Crippen LogP contribution is -2.52. The second-order valence-electron chi connectivity index (χ2n) is 10.3. The van der Waals surface area contributed by atoms with Gasteiger partial charge in [0.2, 0.25) is 0 Å². The number of hydrogen-bond acceptors (Lipinski definition) is 8. The zero-order valence-corrected chi connectivity index (χ0v) is 18.8. The molecule has 0 amide bonds. The molecule has 1 spiro atoms. The molecule has 0 aromatic carbocycles. The summed E-state index contributed by atoms with van der Waals surface area (Å²) in [6, 6.07) is 0. The average molecular weight is 444 g/mol. The first-order valence-corrected chi connectivity index (χ1v) is 11.0. The summed E-state index contributed by atoms with van der Waals surface area (Å²) in [7, 11) is 1.33. The molecule has 0 aromatic rings. The predicted octanol–water partition coefficient (Wildman–Crippen LogP) is 2.26. The molecule has 1 saturated heterocycles. The smallest absolute Gasteiger partial charge is 0.317 e. The largest absolute Gasteiger partial charge is 0.469 e. The van der Waals surface area contributed by atoms with E-state index in [9.17, 15) is 19.2 Å². The van der Waals surface area contributed by atoms with E-state index in [1.165, 1.54) is 21.0 Å². The summed E-state index contributed by atoms with van der Waals surface area (Å²) in [6.07, 6.45) is 4.77. The van der Waals surface area contributed by atoms with Crippen LogP contribution in [0, 0.1) is 28.6 Å². The van der Waals surface area contributed by atoms with Gasteiger partial charge in [-0.25, -0.2) is 0 Å². The lowest BCUT2D eigenvalue weighted by atomic mass is 9.61. The average Bonchev–Trinajstić information content (AvgIpc) is 3.13. The van der Waals surface area contributed by atoms with Crippen LogP contribution in [0.5, 0.6) is 0 Å². The van der Waals surface area contributed by atoms with Crippen molar-refractivity contribution in [1.29, 1.82) is 0 Å². The van der Waals surface area contributed by atoms with E-state index in [0.717, 1.165) is 5.57 Å². The van der Waals surface area contributed by atoms with Crippen molar-refractivity contribution in [3.8, 4) is 0 Å². The Morgan fingerprint density at radius 3 is 2.56 bits per heavy atom. The molecule has 1 heterocycles. The molecule has 32 heavy (non-hydrogen) atoms. The molecule has 3 saturated carbocycles. The van der Waals surface area contributed by atoms with Crippen molar-refractivity contribution in [2.24, 2.45) is 28.6 Å². The number of fused-ring (bicyclic) bond motifs is 1. The molecule has 1 aliphatic heterocycles. The molecule has 0 aromatic heterocycles. The molecule has 4 fully saturated rings. The van der Waals surface area contributed by atoms with Gasteiger partial charge in [-0.1, -0.05) is 6.58 Å². The minimum atomic E-state index is -1.24. The van der Waals surface area contributed by atoms with Gasteiger partial charge < -0.3 is 18.9 Å². The van der Waals surface area contributed by atoms with Crippen molar-refractivity contribution in [2.45, 2.75) is 63.8 Å². The minimum Gasteiger partial charge on any atom is -0.469 e. The normalized spacial score (nSPS) is 47.4. The number of rotatable bonds is 3. The van der Waals surface area contributed by atoms with Gasteiger partial charge in [0.05, 0.1) is 13.0 Å². The van der Waals surface area contributed by atoms with Crippen molar-refractivity contribution in [3.05, 3.63) is 24.3 Å². The van der Waals surface area contributed by atoms with Crippen LogP contribution in [-0.2, 0) is 38.1 Å². The Bertz CT molecular complexity index is 998. The van der Waals surface area contributed by atoms with Gasteiger partial charge in [0.25, 0.3) is 0 Å². The maximum absolute atomic E-state index is 13.4. The summed E-state index contributed by atoms with van der Waals surface area (Å²) in [5, 5.41) is 0. The Labute approximate surface area is 186 Å². The first kappa shape index (κ1) is 21.2. The van der Waals surface area contributed by atoms with Gasteiger partial charge >= 0.3 is 23.9 Å². The number of hydrogen-bond donors (Lipinski definition) is 0. The molecule has 8 atom stereocenters. The van der Waals surface area contributed by atoms with E-state index in [4.69, 9.17) is 18.9 Å². The molecule has 172 valence electrons. The Hall–Kier alpha value is -2.64. The summed E-state index contributed by atoms with van der Waals surface area (Å²) in [6.45, 7) is 8.62. The third kappa shape index (κ3) is 2.23. The molecule has 0 N–H and O–H groups in total.